The number of carbonyl (C=O) groups is 2. The maximum absolute atomic E-state index is 12.6. The lowest BCUT2D eigenvalue weighted by atomic mass is 10.1. The van der Waals surface area contributed by atoms with Crippen molar-refractivity contribution < 1.29 is 23.8 Å². The van der Waals surface area contributed by atoms with Crippen molar-refractivity contribution in [2.24, 2.45) is 5.73 Å². The van der Waals surface area contributed by atoms with Crippen molar-refractivity contribution in [2.45, 2.75) is 6.04 Å². The summed E-state index contributed by atoms with van der Waals surface area (Å²) in [6, 6.07) is 4.49. The van der Waals surface area contributed by atoms with Crippen LogP contribution in [-0.4, -0.2) is 74.3 Å². The number of rotatable bonds is 4. The van der Waals surface area contributed by atoms with E-state index >= 15 is 0 Å². The molecule has 0 aliphatic carbocycles. The molecule has 24 heavy (non-hydrogen) atoms. The lowest BCUT2D eigenvalue weighted by molar-refractivity contribution is -0.135. The molecule has 0 radical (unpaired) electrons. The van der Waals surface area contributed by atoms with Gasteiger partial charge in [-0.1, -0.05) is 0 Å². The molecule has 2 heterocycles. The summed E-state index contributed by atoms with van der Waals surface area (Å²) in [6.07, 6.45) is 0. The Labute approximate surface area is 140 Å². The molecule has 2 aliphatic heterocycles. The van der Waals surface area contributed by atoms with Crippen LogP contribution in [0.1, 0.15) is 10.4 Å². The Balaban J connectivity index is 1.58. The smallest absolute Gasteiger partial charge is 0.254 e. The number of piperazine rings is 1. The van der Waals surface area contributed by atoms with Crippen molar-refractivity contribution in [1.82, 2.24) is 9.80 Å². The Hall–Kier alpha value is -2.32. The Kier molecular flexibility index (Phi) is 4.86. The number of hydrogen-bond donors (Lipinski definition) is 1. The summed E-state index contributed by atoms with van der Waals surface area (Å²) in [5, 5.41) is 0. The molecule has 0 aromatic heterocycles. The number of fused-ring (bicyclic) bond motifs is 1. The second kappa shape index (κ2) is 7.06. The van der Waals surface area contributed by atoms with Gasteiger partial charge in [0.25, 0.3) is 5.91 Å². The van der Waals surface area contributed by atoms with Gasteiger partial charge in [0.2, 0.25) is 12.7 Å². The van der Waals surface area contributed by atoms with Crippen molar-refractivity contribution in [1.29, 1.82) is 0 Å². The zero-order chi connectivity index (χ0) is 17.1. The minimum absolute atomic E-state index is 0.0819. The Morgan fingerprint density at radius 2 is 1.83 bits per heavy atom. The van der Waals surface area contributed by atoms with Crippen molar-refractivity contribution in [3.63, 3.8) is 0 Å². The third-order valence-corrected chi connectivity index (χ3v) is 4.16. The van der Waals surface area contributed by atoms with Crippen LogP contribution in [0.15, 0.2) is 18.2 Å². The van der Waals surface area contributed by atoms with E-state index in [4.69, 9.17) is 19.9 Å². The number of carbonyl (C=O) groups excluding carboxylic acids is 2. The van der Waals surface area contributed by atoms with Gasteiger partial charge in [0, 0.05) is 38.9 Å². The topological polar surface area (TPSA) is 94.3 Å². The van der Waals surface area contributed by atoms with E-state index in [1.807, 2.05) is 0 Å². The second-order valence-electron chi connectivity index (χ2n) is 5.75. The quantitative estimate of drug-likeness (QED) is 0.810. The van der Waals surface area contributed by atoms with Crippen LogP contribution < -0.4 is 15.2 Å². The highest BCUT2D eigenvalue weighted by molar-refractivity contribution is 5.95. The van der Waals surface area contributed by atoms with E-state index in [2.05, 4.69) is 0 Å². The van der Waals surface area contributed by atoms with E-state index < -0.39 is 6.04 Å². The molecule has 0 saturated carbocycles. The first-order chi connectivity index (χ1) is 11.6. The molecule has 1 aromatic rings. The van der Waals surface area contributed by atoms with Gasteiger partial charge in [-0.2, -0.15) is 0 Å². The fourth-order valence-electron chi connectivity index (χ4n) is 2.83. The molecule has 130 valence electrons. The van der Waals surface area contributed by atoms with Gasteiger partial charge in [-0.3, -0.25) is 9.59 Å². The molecule has 8 nitrogen and oxygen atoms in total. The molecule has 2 amide bonds. The maximum atomic E-state index is 12.6. The number of benzene rings is 1. The Bertz CT molecular complexity index is 628. The molecule has 8 heteroatoms. The van der Waals surface area contributed by atoms with E-state index in [0.29, 0.717) is 43.2 Å². The minimum Gasteiger partial charge on any atom is -0.454 e. The van der Waals surface area contributed by atoms with Gasteiger partial charge in [-0.25, -0.2) is 0 Å². The summed E-state index contributed by atoms with van der Waals surface area (Å²) in [5.41, 5.74) is 6.32. The van der Waals surface area contributed by atoms with Gasteiger partial charge in [0.15, 0.2) is 11.5 Å². The summed E-state index contributed by atoms with van der Waals surface area (Å²) in [5.74, 6) is 1.00. The third-order valence-electron chi connectivity index (χ3n) is 4.16. The van der Waals surface area contributed by atoms with Crippen LogP contribution in [0, 0.1) is 0 Å². The van der Waals surface area contributed by atoms with E-state index in [0.717, 1.165) is 0 Å². The summed E-state index contributed by atoms with van der Waals surface area (Å²) < 4.78 is 15.5. The Morgan fingerprint density at radius 1 is 1.17 bits per heavy atom. The highest BCUT2D eigenvalue weighted by atomic mass is 16.7. The molecule has 3 rings (SSSR count). The summed E-state index contributed by atoms with van der Waals surface area (Å²) in [4.78, 5) is 28.1. The van der Waals surface area contributed by atoms with Crippen LogP contribution in [0.25, 0.3) is 0 Å². The van der Waals surface area contributed by atoms with E-state index in [1.165, 1.54) is 7.11 Å². The van der Waals surface area contributed by atoms with Crippen LogP contribution in [0.5, 0.6) is 11.5 Å². The first kappa shape index (κ1) is 16.5. The summed E-state index contributed by atoms with van der Waals surface area (Å²) in [7, 11) is 1.51. The first-order valence-corrected chi connectivity index (χ1v) is 7.82. The number of nitrogens with zero attached hydrogens (tertiary/aromatic N) is 2. The molecule has 1 atom stereocenters. The highest BCUT2D eigenvalue weighted by Crippen LogP contribution is 2.32. The molecule has 0 spiro atoms. The van der Waals surface area contributed by atoms with E-state index in [1.54, 1.807) is 28.0 Å². The number of amides is 2. The molecule has 2 aliphatic rings. The van der Waals surface area contributed by atoms with E-state index in [-0.39, 0.29) is 25.2 Å². The number of methoxy groups -OCH3 is 1. The monoisotopic (exact) mass is 335 g/mol. The second-order valence-corrected chi connectivity index (χ2v) is 5.75. The van der Waals surface area contributed by atoms with Crippen LogP contribution >= 0.6 is 0 Å². The fraction of sp³-hybridized carbons (Fsp3) is 0.500. The molecular weight excluding hydrogens is 314 g/mol. The Morgan fingerprint density at radius 3 is 2.54 bits per heavy atom. The van der Waals surface area contributed by atoms with Gasteiger partial charge in [-0.05, 0) is 18.2 Å². The van der Waals surface area contributed by atoms with Crippen LogP contribution in [-0.2, 0) is 9.53 Å². The summed E-state index contributed by atoms with van der Waals surface area (Å²) in [6.45, 7) is 2.24. The molecular formula is C16H21N3O5. The normalized spacial score (nSPS) is 17.8. The number of hydrogen-bond acceptors (Lipinski definition) is 6. The minimum atomic E-state index is -0.661. The van der Waals surface area contributed by atoms with Crippen molar-refractivity contribution in [3.8, 4) is 11.5 Å². The average Bonchev–Trinajstić information content (AvgIpc) is 3.08. The highest BCUT2D eigenvalue weighted by Gasteiger charge is 2.28. The van der Waals surface area contributed by atoms with Gasteiger partial charge in [-0.15, -0.1) is 0 Å². The predicted octanol–water partition coefficient (Wildman–Crippen LogP) is -0.327. The standard InChI is InChI=1S/C16H21N3O5/c1-22-9-12(17)16(21)19-6-4-18(5-7-19)15(20)11-2-3-13-14(8-11)24-10-23-13/h2-3,8,12H,4-7,9-10,17H2,1H3. The molecule has 1 saturated heterocycles. The van der Waals surface area contributed by atoms with Crippen molar-refractivity contribution in [2.75, 3.05) is 46.7 Å². The van der Waals surface area contributed by atoms with Crippen molar-refractivity contribution in [3.05, 3.63) is 23.8 Å². The van der Waals surface area contributed by atoms with Gasteiger partial charge in [0.05, 0.1) is 6.61 Å². The molecule has 1 unspecified atom stereocenters. The zero-order valence-electron chi connectivity index (χ0n) is 13.6. The SMILES string of the molecule is COCC(N)C(=O)N1CCN(C(=O)c2ccc3c(c2)OCO3)CC1. The fourth-order valence-corrected chi connectivity index (χ4v) is 2.83. The molecule has 1 aromatic carbocycles. The molecule has 0 bridgehead atoms. The zero-order valence-corrected chi connectivity index (χ0v) is 13.6. The molecule has 1 fully saturated rings. The van der Waals surface area contributed by atoms with Gasteiger partial charge < -0.3 is 29.7 Å². The third kappa shape index (κ3) is 3.29. The van der Waals surface area contributed by atoms with E-state index in [9.17, 15) is 9.59 Å². The summed E-state index contributed by atoms with van der Waals surface area (Å²) >= 11 is 0. The largest absolute Gasteiger partial charge is 0.454 e. The molecule has 2 N–H and O–H groups in total. The maximum Gasteiger partial charge on any atom is 0.254 e. The van der Waals surface area contributed by atoms with Gasteiger partial charge >= 0.3 is 0 Å². The first-order valence-electron chi connectivity index (χ1n) is 7.82. The van der Waals surface area contributed by atoms with Gasteiger partial charge in [0.1, 0.15) is 6.04 Å². The predicted molar refractivity (Wildman–Crippen MR) is 84.9 cm³/mol. The number of nitrogens with two attached hydrogens (primary N) is 1. The van der Waals surface area contributed by atoms with Crippen molar-refractivity contribution >= 4 is 11.8 Å². The van der Waals surface area contributed by atoms with Crippen LogP contribution in [0.3, 0.4) is 0 Å². The lowest BCUT2D eigenvalue weighted by Gasteiger charge is -2.35. The van der Waals surface area contributed by atoms with Crippen LogP contribution in [0.2, 0.25) is 0 Å². The van der Waals surface area contributed by atoms with Crippen LogP contribution in [0.4, 0.5) is 0 Å². The average molecular weight is 335 g/mol. The number of ether oxygens (including phenoxy) is 3. The lowest BCUT2D eigenvalue weighted by Crippen LogP contribution is -2.55.